The number of para-hydroxylation sites is 1. The summed E-state index contributed by atoms with van der Waals surface area (Å²) >= 11 is 5.24. The number of hydrogen-bond donors (Lipinski definition) is 2. The Balaban J connectivity index is 1.64. The molecule has 1 heterocycles. The van der Waals surface area contributed by atoms with Crippen LogP contribution in [0, 0.1) is 0 Å². The van der Waals surface area contributed by atoms with Crippen LogP contribution in [0.5, 0.6) is 0 Å². The van der Waals surface area contributed by atoms with Crippen LogP contribution in [-0.4, -0.2) is 28.2 Å². The summed E-state index contributed by atoms with van der Waals surface area (Å²) in [6.45, 7) is 2.79. The number of nitrogens with one attached hydrogen (secondary N) is 2. The van der Waals surface area contributed by atoms with E-state index in [0.717, 1.165) is 23.1 Å². The normalized spacial score (nSPS) is 11.1. The lowest BCUT2D eigenvalue weighted by Crippen LogP contribution is -2.30. The van der Waals surface area contributed by atoms with Gasteiger partial charge in [0.25, 0.3) is 5.91 Å². The SMILES string of the molecule is CC(=O)N(CCc1c[nH]c2ccccc12)Cc1ccc(/C=C/C(=O)NCl)cc1. The van der Waals surface area contributed by atoms with Gasteiger partial charge in [-0.15, -0.1) is 0 Å². The Bertz CT molecular complexity index is 992. The molecule has 144 valence electrons. The molecule has 6 heteroatoms. The fourth-order valence-electron chi connectivity index (χ4n) is 3.10. The maximum absolute atomic E-state index is 12.1. The first-order valence-corrected chi connectivity index (χ1v) is 9.43. The van der Waals surface area contributed by atoms with E-state index in [2.05, 4.69) is 11.1 Å². The van der Waals surface area contributed by atoms with Crippen molar-refractivity contribution in [1.82, 2.24) is 14.7 Å². The lowest BCUT2D eigenvalue weighted by molar-refractivity contribution is -0.129. The highest BCUT2D eigenvalue weighted by Crippen LogP contribution is 2.19. The van der Waals surface area contributed by atoms with Crippen molar-refractivity contribution in [3.8, 4) is 0 Å². The van der Waals surface area contributed by atoms with Crippen LogP contribution in [-0.2, 0) is 22.6 Å². The zero-order valence-corrected chi connectivity index (χ0v) is 16.4. The number of carbonyl (C=O) groups excluding carboxylic acids is 2. The Labute approximate surface area is 169 Å². The fraction of sp³-hybridized carbons (Fsp3) is 0.182. The standard InChI is InChI=1S/C22H22ClN3O2/c1-16(27)26(13-12-19-14-24-21-5-3-2-4-20(19)21)15-18-8-6-17(7-9-18)10-11-22(28)25-23/h2-11,14,24H,12-13,15H2,1H3,(H,25,28)/b11-10+. The number of halogens is 1. The van der Waals surface area contributed by atoms with E-state index in [1.165, 1.54) is 17.0 Å². The monoisotopic (exact) mass is 395 g/mol. The number of nitrogens with zero attached hydrogens (tertiary/aromatic N) is 1. The predicted octanol–water partition coefficient (Wildman–Crippen LogP) is 4.04. The van der Waals surface area contributed by atoms with Crippen LogP contribution in [0.15, 0.2) is 60.8 Å². The average Bonchev–Trinajstić information content (AvgIpc) is 3.13. The summed E-state index contributed by atoms with van der Waals surface area (Å²) in [5.41, 5.74) is 4.24. The molecular weight excluding hydrogens is 374 g/mol. The Kier molecular flexibility index (Phi) is 6.50. The van der Waals surface area contributed by atoms with Crippen molar-refractivity contribution in [1.29, 1.82) is 0 Å². The van der Waals surface area contributed by atoms with Crippen LogP contribution in [0.4, 0.5) is 0 Å². The highest BCUT2D eigenvalue weighted by atomic mass is 35.5. The highest BCUT2D eigenvalue weighted by Gasteiger charge is 2.11. The van der Waals surface area contributed by atoms with Crippen LogP contribution in [0.3, 0.4) is 0 Å². The summed E-state index contributed by atoms with van der Waals surface area (Å²) in [7, 11) is 0. The molecule has 3 aromatic rings. The molecule has 28 heavy (non-hydrogen) atoms. The molecule has 2 aromatic carbocycles. The van der Waals surface area contributed by atoms with E-state index in [-0.39, 0.29) is 11.8 Å². The van der Waals surface area contributed by atoms with E-state index >= 15 is 0 Å². The molecule has 1 aromatic heterocycles. The Morgan fingerprint density at radius 1 is 1.14 bits per heavy atom. The highest BCUT2D eigenvalue weighted by molar-refractivity contribution is 6.23. The van der Waals surface area contributed by atoms with Gasteiger partial charge in [-0.2, -0.15) is 0 Å². The van der Waals surface area contributed by atoms with Crippen molar-refractivity contribution >= 4 is 40.6 Å². The maximum atomic E-state index is 12.1. The molecule has 0 saturated carbocycles. The fourth-order valence-corrected chi connectivity index (χ4v) is 3.16. The molecule has 0 bridgehead atoms. The van der Waals surface area contributed by atoms with E-state index in [4.69, 9.17) is 11.8 Å². The minimum atomic E-state index is -0.370. The zero-order chi connectivity index (χ0) is 19.9. The molecule has 0 atom stereocenters. The maximum Gasteiger partial charge on any atom is 0.258 e. The number of rotatable bonds is 7. The molecule has 3 rings (SSSR count). The Morgan fingerprint density at radius 2 is 1.89 bits per heavy atom. The van der Waals surface area contributed by atoms with Crippen molar-refractivity contribution in [2.75, 3.05) is 6.54 Å². The topological polar surface area (TPSA) is 65.2 Å². The van der Waals surface area contributed by atoms with Crippen molar-refractivity contribution < 1.29 is 9.59 Å². The van der Waals surface area contributed by atoms with Gasteiger partial charge in [-0.3, -0.25) is 14.4 Å². The lowest BCUT2D eigenvalue weighted by Gasteiger charge is -2.21. The van der Waals surface area contributed by atoms with E-state index in [1.54, 1.807) is 13.0 Å². The minimum absolute atomic E-state index is 0.0441. The van der Waals surface area contributed by atoms with Gasteiger partial charge in [0, 0.05) is 55.0 Å². The summed E-state index contributed by atoms with van der Waals surface area (Å²) in [5.74, 6) is -0.326. The number of H-pyrrole nitrogens is 1. The van der Waals surface area contributed by atoms with E-state index in [1.807, 2.05) is 58.4 Å². The number of aromatic nitrogens is 1. The average molecular weight is 396 g/mol. The first-order chi connectivity index (χ1) is 13.6. The van der Waals surface area contributed by atoms with Crippen LogP contribution in [0.2, 0.25) is 0 Å². The molecule has 0 aliphatic carbocycles. The molecule has 0 aliphatic rings. The van der Waals surface area contributed by atoms with Gasteiger partial charge in [-0.1, -0.05) is 42.5 Å². The van der Waals surface area contributed by atoms with Gasteiger partial charge < -0.3 is 9.88 Å². The smallest absolute Gasteiger partial charge is 0.258 e. The zero-order valence-electron chi connectivity index (χ0n) is 15.6. The molecule has 0 radical (unpaired) electrons. The summed E-state index contributed by atoms with van der Waals surface area (Å²) < 4.78 is 0. The molecule has 0 saturated heterocycles. The second-order valence-electron chi connectivity index (χ2n) is 6.58. The molecule has 0 spiro atoms. The summed E-state index contributed by atoms with van der Waals surface area (Å²) in [4.78, 5) is 30.4. The Hall–Kier alpha value is -3.05. The molecule has 0 fully saturated rings. The van der Waals surface area contributed by atoms with Crippen LogP contribution in [0.25, 0.3) is 17.0 Å². The van der Waals surface area contributed by atoms with Gasteiger partial charge >= 0.3 is 0 Å². The largest absolute Gasteiger partial charge is 0.361 e. The predicted molar refractivity (Wildman–Crippen MR) is 113 cm³/mol. The van der Waals surface area contributed by atoms with Gasteiger partial charge in [0.2, 0.25) is 5.91 Å². The third-order valence-electron chi connectivity index (χ3n) is 4.64. The van der Waals surface area contributed by atoms with E-state index < -0.39 is 0 Å². The summed E-state index contributed by atoms with van der Waals surface area (Å²) in [6.07, 6.45) is 5.85. The number of carbonyl (C=O) groups is 2. The van der Waals surface area contributed by atoms with Crippen molar-refractivity contribution in [2.45, 2.75) is 19.9 Å². The van der Waals surface area contributed by atoms with Crippen LogP contribution in [0.1, 0.15) is 23.6 Å². The molecular formula is C22H22ClN3O2. The number of aromatic amines is 1. The van der Waals surface area contributed by atoms with E-state index in [0.29, 0.717) is 13.1 Å². The molecule has 5 nitrogen and oxygen atoms in total. The number of fused-ring (bicyclic) bond motifs is 1. The first kappa shape index (κ1) is 19.7. The summed E-state index contributed by atoms with van der Waals surface area (Å²) in [5, 5.41) is 1.20. The summed E-state index contributed by atoms with van der Waals surface area (Å²) in [6, 6.07) is 15.9. The minimum Gasteiger partial charge on any atom is -0.361 e. The van der Waals surface area contributed by atoms with Gasteiger partial charge in [0.1, 0.15) is 0 Å². The molecule has 2 N–H and O–H groups in total. The number of benzene rings is 2. The van der Waals surface area contributed by atoms with Crippen LogP contribution < -0.4 is 4.84 Å². The molecule has 0 aliphatic heterocycles. The van der Waals surface area contributed by atoms with Crippen molar-refractivity contribution in [3.05, 3.63) is 77.5 Å². The van der Waals surface area contributed by atoms with Crippen LogP contribution >= 0.6 is 11.8 Å². The lowest BCUT2D eigenvalue weighted by atomic mass is 10.1. The number of amides is 2. The van der Waals surface area contributed by atoms with Crippen molar-refractivity contribution in [3.63, 3.8) is 0 Å². The quantitative estimate of drug-likeness (QED) is 0.468. The van der Waals surface area contributed by atoms with Gasteiger partial charge in [0.05, 0.1) is 0 Å². The van der Waals surface area contributed by atoms with Gasteiger partial charge in [-0.05, 0) is 35.3 Å². The third-order valence-corrected chi connectivity index (χ3v) is 4.83. The number of hydrogen-bond acceptors (Lipinski definition) is 2. The van der Waals surface area contributed by atoms with Gasteiger partial charge in [-0.25, -0.2) is 0 Å². The van der Waals surface area contributed by atoms with Crippen molar-refractivity contribution in [2.24, 2.45) is 0 Å². The second kappa shape index (κ2) is 9.24. The third kappa shape index (κ3) is 5.02. The van der Waals surface area contributed by atoms with E-state index in [9.17, 15) is 9.59 Å². The molecule has 0 unspecified atom stereocenters. The second-order valence-corrected chi connectivity index (χ2v) is 6.77. The first-order valence-electron chi connectivity index (χ1n) is 9.05. The Morgan fingerprint density at radius 3 is 2.61 bits per heavy atom. The van der Waals surface area contributed by atoms with Gasteiger partial charge in [0.15, 0.2) is 0 Å². The molecule has 2 amide bonds.